The third-order valence-electron chi connectivity index (χ3n) is 2.00. The second-order valence-corrected chi connectivity index (χ2v) is 3.86. The third-order valence-corrected chi connectivity index (χ3v) is 2.29. The van der Waals surface area contributed by atoms with Gasteiger partial charge < -0.3 is 14.8 Å². The van der Waals surface area contributed by atoms with Crippen LogP contribution in [-0.4, -0.2) is 23.5 Å². The van der Waals surface area contributed by atoms with Gasteiger partial charge in [-0.2, -0.15) is 0 Å². The van der Waals surface area contributed by atoms with Crippen molar-refractivity contribution in [1.29, 1.82) is 0 Å². The van der Waals surface area contributed by atoms with Crippen LogP contribution in [0.25, 0.3) is 0 Å². The summed E-state index contributed by atoms with van der Waals surface area (Å²) in [7, 11) is 0. The van der Waals surface area contributed by atoms with Crippen LogP contribution in [0.2, 0.25) is 5.22 Å². The van der Waals surface area contributed by atoms with E-state index in [-0.39, 0.29) is 35.6 Å². The number of hydrogen-bond donors (Lipinski definition) is 2. The Labute approximate surface area is 97.4 Å². The quantitative estimate of drug-likeness (QED) is 0.829. The lowest BCUT2D eigenvalue weighted by atomic mass is 10.1. The lowest BCUT2D eigenvalue weighted by Crippen LogP contribution is -2.29. The van der Waals surface area contributed by atoms with Crippen LogP contribution in [0.5, 0.6) is 0 Å². The van der Waals surface area contributed by atoms with E-state index in [9.17, 15) is 9.59 Å². The van der Waals surface area contributed by atoms with Gasteiger partial charge in [-0.05, 0) is 23.6 Å². The standard InChI is InChI=1S/C10H12ClNO4/c1-6(4-8(13)14)5-12-10(15)7-2-3-16-9(7)11/h2-3,6H,4-5H2,1H3,(H,12,15)(H,13,14). The highest BCUT2D eigenvalue weighted by atomic mass is 35.5. The van der Waals surface area contributed by atoms with E-state index < -0.39 is 5.97 Å². The van der Waals surface area contributed by atoms with E-state index in [4.69, 9.17) is 21.1 Å². The van der Waals surface area contributed by atoms with Gasteiger partial charge in [-0.1, -0.05) is 6.92 Å². The second-order valence-electron chi connectivity index (χ2n) is 3.52. The van der Waals surface area contributed by atoms with Crippen LogP contribution in [0, 0.1) is 5.92 Å². The summed E-state index contributed by atoms with van der Waals surface area (Å²) in [6.45, 7) is 2.03. The highest BCUT2D eigenvalue weighted by Crippen LogP contribution is 2.16. The molecule has 1 aromatic heterocycles. The Bertz CT molecular complexity index is 388. The van der Waals surface area contributed by atoms with E-state index in [2.05, 4.69) is 5.32 Å². The van der Waals surface area contributed by atoms with Crippen LogP contribution in [0.4, 0.5) is 0 Å². The summed E-state index contributed by atoms with van der Waals surface area (Å²) in [5, 5.41) is 11.1. The summed E-state index contributed by atoms with van der Waals surface area (Å²) in [4.78, 5) is 21.9. The first-order valence-electron chi connectivity index (χ1n) is 4.73. The van der Waals surface area contributed by atoms with Crippen molar-refractivity contribution in [3.63, 3.8) is 0 Å². The molecule has 0 saturated carbocycles. The fourth-order valence-electron chi connectivity index (χ4n) is 1.19. The van der Waals surface area contributed by atoms with Crippen LogP contribution in [0.15, 0.2) is 16.7 Å². The van der Waals surface area contributed by atoms with Crippen molar-refractivity contribution in [3.8, 4) is 0 Å². The zero-order valence-electron chi connectivity index (χ0n) is 8.70. The zero-order chi connectivity index (χ0) is 12.1. The average Bonchev–Trinajstić information content (AvgIpc) is 2.60. The molecule has 0 spiro atoms. The highest BCUT2D eigenvalue weighted by Gasteiger charge is 2.14. The first-order valence-corrected chi connectivity index (χ1v) is 5.11. The number of aliphatic carboxylic acids is 1. The Kier molecular flexibility index (Phi) is 4.37. The minimum atomic E-state index is -0.886. The summed E-state index contributed by atoms with van der Waals surface area (Å²) in [6.07, 6.45) is 1.33. The molecule has 0 fully saturated rings. The monoisotopic (exact) mass is 245 g/mol. The Balaban J connectivity index is 2.42. The molecule has 0 radical (unpaired) electrons. The van der Waals surface area contributed by atoms with Crippen LogP contribution >= 0.6 is 11.6 Å². The molecule has 1 amide bonds. The molecule has 16 heavy (non-hydrogen) atoms. The first kappa shape index (κ1) is 12.6. The zero-order valence-corrected chi connectivity index (χ0v) is 9.45. The van der Waals surface area contributed by atoms with Gasteiger partial charge in [0.25, 0.3) is 5.91 Å². The van der Waals surface area contributed by atoms with Gasteiger partial charge in [0.15, 0.2) is 0 Å². The number of nitrogens with one attached hydrogen (secondary N) is 1. The number of halogens is 1. The smallest absolute Gasteiger partial charge is 0.303 e. The predicted molar refractivity (Wildman–Crippen MR) is 57.5 cm³/mol. The SMILES string of the molecule is CC(CNC(=O)c1ccoc1Cl)CC(=O)O. The predicted octanol–water partition coefficient (Wildman–Crippen LogP) is 1.77. The normalized spacial score (nSPS) is 12.1. The minimum absolute atomic E-state index is 0.0133. The lowest BCUT2D eigenvalue weighted by Gasteiger charge is -2.09. The maximum absolute atomic E-state index is 11.5. The summed E-state index contributed by atoms with van der Waals surface area (Å²) in [5.74, 6) is -1.38. The van der Waals surface area contributed by atoms with Crippen molar-refractivity contribution >= 4 is 23.5 Å². The number of rotatable bonds is 5. The third kappa shape index (κ3) is 3.58. The molecule has 0 aliphatic carbocycles. The molecule has 0 saturated heterocycles. The number of carboxylic acids is 1. The summed E-state index contributed by atoms with van der Waals surface area (Å²) < 4.78 is 4.77. The summed E-state index contributed by atoms with van der Waals surface area (Å²) >= 11 is 5.61. The number of carboxylic acid groups (broad SMARTS) is 1. The van der Waals surface area contributed by atoms with Crippen molar-refractivity contribution in [2.24, 2.45) is 5.92 Å². The summed E-state index contributed by atoms with van der Waals surface area (Å²) in [6, 6.07) is 1.46. The van der Waals surface area contributed by atoms with Gasteiger partial charge in [-0.3, -0.25) is 9.59 Å². The summed E-state index contributed by atoms with van der Waals surface area (Å²) in [5.41, 5.74) is 0.254. The van der Waals surface area contributed by atoms with Crippen LogP contribution in [-0.2, 0) is 4.79 Å². The number of furan rings is 1. The highest BCUT2D eigenvalue weighted by molar-refractivity contribution is 6.32. The number of carbonyl (C=O) groups excluding carboxylic acids is 1. The Morgan fingerprint density at radius 3 is 2.81 bits per heavy atom. The van der Waals surface area contributed by atoms with Crippen molar-refractivity contribution in [2.75, 3.05) is 6.54 Å². The average molecular weight is 246 g/mol. The molecule has 1 unspecified atom stereocenters. The topological polar surface area (TPSA) is 79.5 Å². The van der Waals surface area contributed by atoms with Crippen LogP contribution < -0.4 is 5.32 Å². The Hall–Kier alpha value is -1.49. The van der Waals surface area contributed by atoms with Gasteiger partial charge in [-0.15, -0.1) is 0 Å². The molecule has 1 aromatic rings. The van der Waals surface area contributed by atoms with Crippen molar-refractivity contribution < 1.29 is 19.1 Å². The van der Waals surface area contributed by atoms with Gasteiger partial charge in [0.05, 0.1) is 11.8 Å². The Morgan fingerprint density at radius 1 is 1.62 bits per heavy atom. The molecule has 0 bridgehead atoms. The molecule has 88 valence electrons. The minimum Gasteiger partial charge on any atom is -0.481 e. The lowest BCUT2D eigenvalue weighted by molar-refractivity contribution is -0.137. The van der Waals surface area contributed by atoms with Gasteiger partial charge in [0.2, 0.25) is 5.22 Å². The molecule has 5 nitrogen and oxygen atoms in total. The number of carbonyl (C=O) groups is 2. The first-order chi connectivity index (χ1) is 7.50. The maximum Gasteiger partial charge on any atom is 0.303 e. The Morgan fingerprint density at radius 2 is 2.31 bits per heavy atom. The largest absolute Gasteiger partial charge is 0.481 e. The molecule has 0 aliphatic heterocycles. The van der Waals surface area contributed by atoms with E-state index in [1.165, 1.54) is 12.3 Å². The van der Waals surface area contributed by atoms with E-state index in [0.717, 1.165) is 0 Å². The van der Waals surface area contributed by atoms with E-state index in [1.807, 2.05) is 0 Å². The van der Waals surface area contributed by atoms with E-state index >= 15 is 0 Å². The molecule has 6 heteroatoms. The molecule has 2 N–H and O–H groups in total. The van der Waals surface area contributed by atoms with E-state index in [1.54, 1.807) is 6.92 Å². The fraction of sp³-hybridized carbons (Fsp3) is 0.400. The fourth-order valence-corrected chi connectivity index (χ4v) is 1.39. The molecule has 1 heterocycles. The number of hydrogen-bond acceptors (Lipinski definition) is 3. The van der Waals surface area contributed by atoms with Gasteiger partial charge in [0, 0.05) is 13.0 Å². The molecule has 0 aliphatic rings. The number of amides is 1. The van der Waals surface area contributed by atoms with Crippen LogP contribution in [0.1, 0.15) is 23.7 Å². The molecular weight excluding hydrogens is 234 g/mol. The molecule has 1 atom stereocenters. The van der Waals surface area contributed by atoms with Crippen LogP contribution in [0.3, 0.4) is 0 Å². The molecular formula is C10H12ClNO4. The van der Waals surface area contributed by atoms with Gasteiger partial charge in [0.1, 0.15) is 0 Å². The van der Waals surface area contributed by atoms with E-state index in [0.29, 0.717) is 0 Å². The molecule has 1 rings (SSSR count). The van der Waals surface area contributed by atoms with Crippen molar-refractivity contribution in [2.45, 2.75) is 13.3 Å². The maximum atomic E-state index is 11.5. The van der Waals surface area contributed by atoms with Gasteiger partial charge >= 0.3 is 5.97 Å². The molecule has 0 aromatic carbocycles. The van der Waals surface area contributed by atoms with Gasteiger partial charge in [-0.25, -0.2) is 0 Å². The van der Waals surface area contributed by atoms with Crippen molar-refractivity contribution in [1.82, 2.24) is 5.32 Å². The van der Waals surface area contributed by atoms with Crippen molar-refractivity contribution in [3.05, 3.63) is 23.1 Å². The second kappa shape index (κ2) is 5.55.